The van der Waals surface area contributed by atoms with Crippen molar-refractivity contribution in [1.82, 2.24) is 0 Å². The summed E-state index contributed by atoms with van der Waals surface area (Å²) in [5, 5.41) is 0. The lowest BCUT2D eigenvalue weighted by molar-refractivity contribution is 0.219. The van der Waals surface area contributed by atoms with Crippen LogP contribution in [0.3, 0.4) is 0 Å². The summed E-state index contributed by atoms with van der Waals surface area (Å²) in [6.07, 6.45) is 12.1. The molecule has 0 N–H and O–H groups in total. The van der Waals surface area contributed by atoms with Crippen molar-refractivity contribution in [3.8, 4) is 0 Å². The summed E-state index contributed by atoms with van der Waals surface area (Å²) in [7, 11) is 0. The third-order valence-electron chi connectivity index (χ3n) is 5.72. The summed E-state index contributed by atoms with van der Waals surface area (Å²) < 4.78 is 2.98. The molecule has 3 heteroatoms. The van der Waals surface area contributed by atoms with E-state index < -0.39 is 0 Å². The highest BCUT2D eigenvalue weighted by Gasteiger charge is 2.47. The molecule has 3 saturated carbocycles. The molecule has 0 heterocycles. The molecule has 0 amide bonds. The van der Waals surface area contributed by atoms with Crippen LogP contribution in [0.25, 0.3) is 0 Å². The fourth-order valence-corrected chi connectivity index (χ4v) is 8.86. The van der Waals surface area contributed by atoms with Crippen molar-refractivity contribution in [2.45, 2.75) is 63.1 Å². The zero-order chi connectivity index (χ0) is 12.7. The predicted octanol–water partition coefficient (Wildman–Crippen LogP) is 6.02. The molecule has 3 fully saturated rings. The van der Waals surface area contributed by atoms with Gasteiger partial charge in [-0.05, 0) is 62.2 Å². The van der Waals surface area contributed by atoms with Crippen LogP contribution in [0, 0.1) is 23.7 Å². The van der Waals surface area contributed by atoms with E-state index in [9.17, 15) is 0 Å². The Bertz CT molecular complexity index is 293. The number of halogens is 3. The molecule has 0 nitrogen and oxygen atoms in total. The van der Waals surface area contributed by atoms with E-state index in [4.69, 9.17) is 0 Å². The van der Waals surface area contributed by atoms with Crippen LogP contribution in [0.1, 0.15) is 51.4 Å². The maximum Gasteiger partial charge on any atom is 0.0172 e. The first-order valence-corrected chi connectivity index (χ1v) is 11.3. The average Bonchev–Trinajstić information content (AvgIpc) is 2.71. The predicted molar refractivity (Wildman–Crippen MR) is 104 cm³/mol. The van der Waals surface area contributed by atoms with Gasteiger partial charge in [0.1, 0.15) is 0 Å². The summed E-state index contributed by atoms with van der Waals surface area (Å²) in [5.41, 5.74) is 0. The fourth-order valence-electron chi connectivity index (χ4n) is 4.49. The molecule has 3 aliphatic carbocycles. The molecule has 18 heavy (non-hydrogen) atoms. The topological polar surface area (TPSA) is 0 Å². The van der Waals surface area contributed by atoms with Gasteiger partial charge in [0.15, 0.2) is 0 Å². The standard InChI is InChI=1S/C15H23I3/c16-13-4-2-1-3-9(13)11-5-6-12(15(11)18)10-7-8-14(10)17/h9-15H,1-8H2. The van der Waals surface area contributed by atoms with Crippen LogP contribution in [0.4, 0.5) is 0 Å². The van der Waals surface area contributed by atoms with E-state index in [1.165, 1.54) is 38.5 Å². The van der Waals surface area contributed by atoms with Gasteiger partial charge in [-0.25, -0.2) is 0 Å². The van der Waals surface area contributed by atoms with Gasteiger partial charge in [-0.3, -0.25) is 0 Å². The quantitative estimate of drug-likeness (QED) is 0.275. The second-order valence-electron chi connectivity index (χ2n) is 6.57. The smallest absolute Gasteiger partial charge is 0.0172 e. The first-order chi connectivity index (χ1) is 8.68. The van der Waals surface area contributed by atoms with Gasteiger partial charge in [-0.15, -0.1) is 0 Å². The molecule has 104 valence electrons. The van der Waals surface area contributed by atoms with Crippen molar-refractivity contribution in [1.29, 1.82) is 0 Å². The summed E-state index contributed by atoms with van der Waals surface area (Å²) in [5.74, 6) is 4.26. The second kappa shape index (κ2) is 6.53. The molecule has 0 radical (unpaired) electrons. The van der Waals surface area contributed by atoms with Crippen LogP contribution in [0.2, 0.25) is 0 Å². The van der Waals surface area contributed by atoms with Crippen molar-refractivity contribution in [3.05, 3.63) is 0 Å². The normalized spacial score (nSPS) is 53.2. The summed E-state index contributed by atoms with van der Waals surface area (Å²) in [4.78, 5) is 0. The van der Waals surface area contributed by atoms with Crippen molar-refractivity contribution in [2.24, 2.45) is 23.7 Å². The molecule has 0 aliphatic heterocycles. The summed E-state index contributed by atoms with van der Waals surface area (Å²) in [6, 6.07) is 0. The zero-order valence-electron chi connectivity index (χ0n) is 10.8. The number of alkyl halides is 3. The lowest BCUT2D eigenvalue weighted by atomic mass is 9.73. The SMILES string of the molecule is IC1CCCCC1C1CCC(C2CCC2I)C1I. The Balaban J connectivity index is 1.64. The lowest BCUT2D eigenvalue weighted by Crippen LogP contribution is -2.38. The minimum absolute atomic E-state index is 0.981. The Labute approximate surface area is 153 Å². The highest BCUT2D eigenvalue weighted by molar-refractivity contribution is 14.1. The van der Waals surface area contributed by atoms with E-state index in [2.05, 4.69) is 67.8 Å². The average molecular weight is 584 g/mol. The Kier molecular flexibility index (Phi) is 5.48. The van der Waals surface area contributed by atoms with E-state index in [-0.39, 0.29) is 0 Å². The van der Waals surface area contributed by atoms with Crippen LogP contribution in [-0.4, -0.2) is 11.8 Å². The maximum absolute atomic E-state index is 2.84. The summed E-state index contributed by atoms with van der Waals surface area (Å²) >= 11 is 8.33. The highest BCUT2D eigenvalue weighted by Crippen LogP contribution is 2.54. The molecule has 0 saturated heterocycles. The van der Waals surface area contributed by atoms with Gasteiger partial charge in [0.05, 0.1) is 0 Å². The van der Waals surface area contributed by atoms with Crippen molar-refractivity contribution >= 4 is 67.8 Å². The molecule has 0 aromatic heterocycles. The number of hydrogen-bond acceptors (Lipinski definition) is 0. The van der Waals surface area contributed by atoms with E-state index in [0.717, 1.165) is 35.4 Å². The molecule has 0 aromatic rings. The van der Waals surface area contributed by atoms with E-state index in [1.54, 1.807) is 12.8 Å². The number of rotatable bonds is 2. The van der Waals surface area contributed by atoms with E-state index in [0.29, 0.717) is 0 Å². The van der Waals surface area contributed by atoms with Gasteiger partial charge in [0.2, 0.25) is 0 Å². The van der Waals surface area contributed by atoms with Crippen LogP contribution < -0.4 is 0 Å². The van der Waals surface area contributed by atoms with Crippen LogP contribution in [-0.2, 0) is 0 Å². The molecule has 7 atom stereocenters. The van der Waals surface area contributed by atoms with E-state index in [1.807, 2.05) is 0 Å². The second-order valence-corrected chi connectivity index (χ2v) is 11.2. The lowest BCUT2D eigenvalue weighted by Gasteiger charge is -2.41. The molecule has 3 rings (SSSR count). The number of hydrogen-bond donors (Lipinski definition) is 0. The van der Waals surface area contributed by atoms with Gasteiger partial charge in [-0.2, -0.15) is 0 Å². The first kappa shape index (κ1) is 15.1. The minimum atomic E-state index is 0.981. The molecular formula is C15H23I3. The molecule has 0 bridgehead atoms. The molecular weight excluding hydrogens is 561 g/mol. The van der Waals surface area contributed by atoms with Crippen molar-refractivity contribution in [2.75, 3.05) is 0 Å². The molecule has 0 aromatic carbocycles. The largest absolute Gasteiger partial charge is 0.0823 e. The highest BCUT2D eigenvalue weighted by atomic mass is 127. The van der Waals surface area contributed by atoms with Crippen molar-refractivity contribution < 1.29 is 0 Å². The van der Waals surface area contributed by atoms with E-state index >= 15 is 0 Å². The third-order valence-corrected chi connectivity index (χ3v) is 10.7. The Morgan fingerprint density at radius 3 is 1.50 bits per heavy atom. The van der Waals surface area contributed by atoms with Gasteiger partial charge in [-0.1, -0.05) is 80.6 Å². The fraction of sp³-hybridized carbons (Fsp3) is 1.00. The van der Waals surface area contributed by atoms with Gasteiger partial charge < -0.3 is 0 Å². The molecule has 7 unspecified atom stereocenters. The van der Waals surface area contributed by atoms with Gasteiger partial charge in [0.25, 0.3) is 0 Å². The molecule has 3 aliphatic rings. The maximum atomic E-state index is 2.84. The molecule has 0 spiro atoms. The third kappa shape index (κ3) is 2.88. The van der Waals surface area contributed by atoms with Crippen LogP contribution in [0.15, 0.2) is 0 Å². The Morgan fingerprint density at radius 1 is 0.500 bits per heavy atom. The van der Waals surface area contributed by atoms with Crippen LogP contribution >= 0.6 is 67.8 Å². The first-order valence-electron chi connectivity index (χ1n) is 7.60. The minimum Gasteiger partial charge on any atom is -0.0823 e. The monoisotopic (exact) mass is 584 g/mol. The van der Waals surface area contributed by atoms with Gasteiger partial charge >= 0.3 is 0 Å². The zero-order valence-corrected chi connectivity index (χ0v) is 17.3. The van der Waals surface area contributed by atoms with Gasteiger partial charge in [0, 0.05) is 11.8 Å². The van der Waals surface area contributed by atoms with Crippen molar-refractivity contribution in [3.63, 3.8) is 0 Å². The van der Waals surface area contributed by atoms with Crippen LogP contribution in [0.5, 0.6) is 0 Å². The Hall–Kier alpha value is 2.19. The Morgan fingerprint density at radius 2 is 1.00 bits per heavy atom. The summed E-state index contributed by atoms with van der Waals surface area (Å²) in [6.45, 7) is 0.